The summed E-state index contributed by atoms with van der Waals surface area (Å²) in [7, 11) is 0. The van der Waals surface area contributed by atoms with E-state index < -0.39 is 45.9 Å². The average molecular weight is 497 g/mol. The second-order valence-corrected chi connectivity index (χ2v) is 7.73. The quantitative estimate of drug-likeness (QED) is 0.328. The molecule has 10 nitrogen and oxygen atoms in total. The summed E-state index contributed by atoms with van der Waals surface area (Å²) in [6, 6.07) is 1.94. The summed E-state index contributed by atoms with van der Waals surface area (Å²) in [6.45, 7) is -0.501. The summed E-state index contributed by atoms with van der Waals surface area (Å²) in [5.41, 5.74) is -1.61. The van der Waals surface area contributed by atoms with Crippen molar-refractivity contribution < 1.29 is 27.7 Å². The molecule has 1 aliphatic heterocycles. The molecule has 0 saturated heterocycles. The van der Waals surface area contributed by atoms with Gasteiger partial charge in [0.25, 0.3) is 0 Å². The van der Waals surface area contributed by atoms with Crippen LogP contribution in [0.1, 0.15) is 37.2 Å². The number of carbonyl (C=O) groups is 1. The zero-order valence-corrected chi connectivity index (χ0v) is 18.2. The predicted molar refractivity (Wildman–Crippen MR) is 106 cm³/mol. The molecule has 174 valence electrons. The fraction of sp³-hybridized carbons (Fsp3) is 0.471. The van der Waals surface area contributed by atoms with Crippen LogP contribution in [0, 0.1) is 17.9 Å². The topological polar surface area (TPSA) is 114 Å². The molecule has 0 fully saturated rings. The lowest BCUT2D eigenvalue weighted by molar-refractivity contribution is -1.05. The first-order valence-electron chi connectivity index (χ1n) is 9.30. The third kappa shape index (κ3) is 4.51. The Morgan fingerprint density at radius 2 is 2.09 bits per heavy atom. The Morgan fingerprint density at radius 1 is 1.41 bits per heavy atom. The Balaban J connectivity index is 2.00. The summed E-state index contributed by atoms with van der Waals surface area (Å²) < 4.78 is 41.4. The van der Waals surface area contributed by atoms with Gasteiger partial charge in [-0.3, -0.25) is 0 Å². The van der Waals surface area contributed by atoms with Gasteiger partial charge in [-0.15, -0.1) is 21.8 Å². The maximum absolute atomic E-state index is 14.6. The minimum absolute atomic E-state index is 0.0769. The van der Waals surface area contributed by atoms with Crippen molar-refractivity contribution in [3.05, 3.63) is 50.1 Å². The van der Waals surface area contributed by atoms with Crippen LogP contribution in [-0.2, 0) is 9.63 Å². The Labute approximate surface area is 188 Å². The van der Waals surface area contributed by atoms with Crippen molar-refractivity contribution in [2.45, 2.75) is 38.1 Å². The van der Waals surface area contributed by atoms with Crippen LogP contribution in [-0.4, -0.2) is 43.7 Å². The first-order valence-corrected chi connectivity index (χ1v) is 10.1. The van der Waals surface area contributed by atoms with Gasteiger partial charge in [0.15, 0.2) is 12.4 Å². The lowest BCUT2D eigenvalue weighted by atomic mass is 9.92. The SMILES string of the molecule is CCC(c1cc(-n2nc(C)n(C(F)F)c2=O)c(F)cc1Cl)C(Cl)C(=O)O[N+]1([O-])CCN=N1. The van der Waals surface area contributed by atoms with Crippen molar-refractivity contribution in [3.8, 4) is 5.69 Å². The van der Waals surface area contributed by atoms with Crippen LogP contribution in [0.2, 0.25) is 5.02 Å². The molecule has 3 unspecified atom stereocenters. The van der Waals surface area contributed by atoms with Gasteiger partial charge in [0.1, 0.15) is 23.4 Å². The Bertz CT molecular complexity index is 1120. The van der Waals surface area contributed by atoms with Crippen LogP contribution in [0.4, 0.5) is 13.2 Å². The zero-order valence-electron chi connectivity index (χ0n) is 16.7. The van der Waals surface area contributed by atoms with Crippen LogP contribution >= 0.6 is 23.2 Å². The standard InChI is InChI=1S/C17H17Cl2F3N6O4/c1-3-9(14(19)15(29)32-28(31)5-4-23-25-28)10-6-13(12(20)7-11(10)18)27-17(30)26(16(21)22)8(2)24-27/h6-7,9,14,16H,3-5H2,1-2H3. The van der Waals surface area contributed by atoms with Gasteiger partial charge in [-0.25, -0.2) is 23.4 Å². The van der Waals surface area contributed by atoms with Crippen LogP contribution in [0.15, 0.2) is 27.3 Å². The van der Waals surface area contributed by atoms with Gasteiger partial charge in [-0.05, 0) is 36.0 Å². The van der Waals surface area contributed by atoms with E-state index in [9.17, 15) is 28.0 Å². The number of alkyl halides is 3. The molecule has 0 spiro atoms. The highest BCUT2D eigenvalue weighted by Crippen LogP contribution is 2.36. The molecule has 1 aromatic carbocycles. The maximum atomic E-state index is 14.6. The minimum atomic E-state index is -3.18. The van der Waals surface area contributed by atoms with Crippen molar-refractivity contribution >= 4 is 29.2 Å². The molecule has 1 aliphatic rings. The van der Waals surface area contributed by atoms with Gasteiger partial charge in [-0.2, -0.15) is 13.5 Å². The normalized spacial score (nSPS) is 20.0. The number of quaternary nitrogens is 1. The highest BCUT2D eigenvalue weighted by Gasteiger charge is 2.37. The number of halogens is 5. The van der Waals surface area contributed by atoms with Crippen molar-refractivity contribution in [1.82, 2.24) is 14.3 Å². The zero-order chi connectivity index (χ0) is 23.8. The van der Waals surface area contributed by atoms with E-state index in [0.29, 0.717) is 4.68 Å². The van der Waals surface area contributed by atoms with Crippen LogP contribution in [0.25, 0.3) is 5.69 Å². The molecule has 0 saturated carbocycles. The van der Waals surface area contributed by atoms with E-state index in [1.165, 1.54) is 0 Å². The van der Waals surface area contributed by atoms with Gasteiger partial charge >= 0.3 is 18.2 Å². The predicted octanol–water partition coefficient (Wildman–Crippen LogP) is 3.78. The number of nitrogens with zero attached hydrogens (tertiary/aromatic N) is 6. The number of benzene rings is 1. The minimum Gasteiger partial charge on any atom is -0.560 e. The molecule has 0 N–H and O–H groups in total. The average Bonchev–Trinajstić information content (AvgIpc) is 3.26. The number of rotatable bonds is 7. The van der Waals surface area contributed by atoms with Gasteiger partial charge in [0.05, 0.1) is 5.22 Å². The number of hydroxylamine groups is 2. The van der Waals surface area contributed by atoms with E-state index in [1.54, 1.807) is 6.92 Å². The number of carbonyl (C=O) groups excluding carboxylic acids is 1. The fourth-order valence-electron chi connectivity index (χ4n) is 3.22. The fourth-order valence-corrected chi connectivity index (χ4v) is 3.86. The summed E-state index contributed by atoms with van der Waals surface area (Å²) in [4.78, 5) is 27.9. The maximum Gasteiger partial charge on any atom is 0.389 e. The van der Waals surface area contributed by atoms with E-state index in [1.807, 2.05) is 0 Å². The molecular formula is C17H17Cl2F3N6O4. The highest BCUT2D eigenvalue weighted by molar-refractivity contribution is 6.33. The molecular weight excluding hydrogens is 480 g/mol. The molecule has 3 atom stereocenters. The van der Waals surface area contributed by atoms with Crippen LogP contribution < -0.4 is 5.69 Å². The van der Waals surface area contributed by atoms with Gasteiger partial charge in [0, 0.05) is 10.9 Å². The molecule has 3 rings (SSSR count). The molecule has 2 heterocycles. The van der Waals surface area contributed by atoms with Gasteiger partial charge < -0.3 is 5.21 Å². The third-order valence-electron chi connectivity index (χ3n) is 4.80. The van der Waals surface area contributed by atoms with E-state index >= 15 is 0 Å². The van der Waals surface area contributed by atoms with E-state index in [0.717, 1.165) is 19.1 Å². The molecule has 32 heavy (non-hydrogen) atoms. The van der Waals surface area contributed by atoms with Crippen molar-refractivity contribution in [3.63, 3.8) is 0 Å². The lowest BCUT2D eigenvalue weighted by Gasteiger charge is -2.28. The van der Waals surface area contributed by atoms with Crippen molar-refractivity contribution in [2.24, 2.45) is 10.3 Å². The van der Waals surface area contributed by atoms with E-state index in [4.69, 9.17) is 28.0 Å². The molecule has 0 radical (unpaired) electrons. The number of aryl methyl sites for hydroxylation is 1. The van der Waals surface area contributed by atoms with Gasteiger partial charge in [0.2, 0.25) is 0 Å². The molecule has 0 aliphatic carbocycles. The smallest absolute Gasteiger partial charge is 0.389 e. The van der Waals surface area contributed by atoms with E-state index in [-0.39, 0.29) is 40.5 Å². The molecule has 2 aromatic rings. The van der Waals surface area contributed by atoms with Crippen LogP contribution in [0.5, 0.6) is 0 Å². The van der Waals surface area contributed by atoms with Crippen molar-refractivity contribution in [2.75, 3.05) is 13.1 Å². The third-order valence-corrected chi connectivity index (χ3v) is 5.61. The Hall–Kier alpha value is -2.48. The summed E-state index contributed by atoms with van der Waals surface area (Å²) in [6.07, 6.45) is 0.188. The van der Waals surface area contributed by atoms with Crippen LogP contribution in [0.3, 0.4) is 0 Å². The second kappa shape index (κ2) is 9.17. The summed E-state index contributed by atoms with van der Waals surface area (Å²) >= 11 is 12.4. The van der Waals surface area contributed by atoms with E-state index in [2.05, 4.69) is 15.4 Å². The Kier molecular flexibility index (Phi) is 6.93. The number of hydrogen-bond donors (Lipinski definition) is 0. The van der Waals surface area contributed by atoms with Crippen molar-refractivity contribution in [1.29, 1.82) is 0 Å². The summed E-state index contributed by atoms with van der Waals surface area (Å²) in [5.74, 6) is -3.34. The molecule has 15 heteroatoms. The lowest BCUT2D eigenvalue weighted by Crippen LogP contribution is -2.41. The molecule has 1 aromatic heterocycles. The highest BCUT2D eigenvalue weighted by atomic mass is 35.5. The second-order valence-electron chi connectivity index (χ2n) is 6.86. The molecule has 0 amide bonds. The summed E-state index contributed by atoms with van der Waals surface area (Å²) in [5, 5.41) is 21.0. The number of hydrogen-bond acceptors (Lipinski definition) is 7. The number of aromatic nitrogens is 3. The first-order chi connectivity index (χ1) is 15.0. The van der Waals surface area contributed by atoms with Gasteiger partial charge in [-0.1, -0.05) is 18.5 Å². The molecule has 0 bridgehead atoms. The Morgan fingerprint density at radius 3 is 2.62 bits per heavy atom. The first kappa shape index (κ1) is 24.2. The largest absolute Gasteiger partial charge is 0.560 e. The monoisotopic (exact) mass is 496 g/mol.